The summed E-state index contributed by atoms with van der Waals surface area (Å²) in [6.07, 6.45) is -2.99. The Hall–Kier alpha value is -2.15. The van der Waals surface area contributed by atoms with E-state index < -0.39 is 11.9 Å². The molecule has 0 fully saturated rings. The van der Waals surface area contributed by atoms with E-state index in [-0.39, 0.29) is 10.8 Å². The molecule has 8 heteroatoms. The third kappa shape index (κ3) is 2.20. The topological polar surface area (TPSA) is 43.1 Å². The lowest BCUT2D eigenvalue weighted by atomic mass is 10.3. The van der Waals surface area contributed by atoms with Gasteiger partial charge in [0.15, 0.2) is 5.65 Å². The summed E-state index contributed by atoms with van der Waals surface area (Å²) in [6.45, 7) is 0. The first kappa shape index (κ1) is 12.9. The Labute approximate surface area is 115 Å². The number of hydrogen-bond acceptors (Lipinski definition) is 3. The summed E-state index contributed by atoms with van der Waals surface area (Å²) in [5.74, 6) is 0. The van der Waals surface area contributed by atoms with Gasteiger partial charge in [0.2, 0.25) is 0 Å². The smallest absolute Gasteiger partial charge is 0.255 e. The minimum atomic E-state index is -4.55. The highest BCUT2D eigenvalue weighted by Crippen LogP contribution is 2.30. The molecule has 0 unspecified atom stereocenters. The number of halogens is 4. The van der Waals surface area contributed by atoms with Crippen LogP contribution >= 0.6 is 11.6 Å². The Bertz CT molecular complexity index is 767. The first-order valence-electron chi connectivity index (χ1n) is 5.50. The second-order valence-electron chi connectivity index (χ2n) is 3.98. The van der Waals surface area contributed by atoms with E-state index >= 15 is 0 Å². The normalized spacial score (nSPS) is 12.0. The van der Waals surface area contributed by atoms with Crippen LogP contribution in [-0.4, -0.2) is 19.6 Å². The third-order valence-corrected chi connectivity index (χ3v) is 2.87. The monoisotopic (exact) mass is 298 g/mol. The number of nitrogens with zero attached hydrogens (tertiary/aromatic N) is 4. The number of hydrogen-bond donors (Lipinski definition) is 0. The summed E-state index contributed by atoms with van der Waals surface area (Å²) in [5.41, 5.74) is -0.102. The van der Waals surface area contributed by atoms with Crippen LogP contribution in [0.4, 0.5) is 13.2 Å². The molecule has 0 N–H and O–H groups in total. The molecule has 0 saturated carbocycles. The number of alkyl halides is 3. The van der Waals surface area contributed by atoms with E-state index in [1.165, 1.54) is 6.07 Å². The van der Waals surface area contributed by atoms with Crippen molar-refractivity contribution >= 4 is 17.2 Å². The van der Waals surface area contributed by atoms with E-state index in [1.807, 2.05) is 0 Å². The molecule has 0 radical (unpaired) electrons. The van der Waals surface area contributed by atoms with Crippen molar-refractivity contribution in [1.29, 1.82) is 0 Å². The molecule has 0 atom stereocenters. The quantitative estimate of drug-likeness (QED) is 0.646. The van der Waals surface area contributed by atoms with E-state index in [0.29, 0.717) is 11.4 Å². The van der Waals surface area contributed by atoms with Gasteiger partial charge in [0.05, 0.1) is 5.69 Å². The average Bonchev–Trinajstić information content (AvgIpc) is 2.83. The van der Waals surface area contributed by atoms with Crippen LogP contribution < -0.4 is 0 Å². The maximum absolute atomic E-state index is 12.7. The van der Waals surface area contributed by atoms with Crippen LogP contribution in [-0.2, 0) is 6.18 Å². The van der Waals surface area contributed by atoms with Gasteiger partial charge in [-0.05, 0) is 12.1 Å². The largest absolute Gasteiger partial charge is 0.433 e. The van der Waals surface area contributed by atoms with E-state index in [9.17, 15) is 13.2 Å². The lowest BCUT2D eigenvalue weighted by Gasteiger charge is -2.06. The van der Waals surface area contributed by atoms with Crippen molar-refractivity contribution in [3.8, 4) is 11.4 Å². The van der Waals surface area contributed by atoms with Crippen LogP contribution in [0.5, 0.6) is 0 Å². The van der Waals surface area contributed by atoms with Gasteiger partial charge in [0.1, 0.15) is 16.5 Å². The Kier molecular flexibility index (Phi) is 2.86. The van der Waals surface area contributed by atoms with Gasteiger partial charge in [-0.3, -0.25) is 4.98 Å². The molecule has 0 aliphatic heterocycles. The molecule has 3 aromatic heterocycles. The standard InChI is InChI=1S/C12H6ClF3N4/c13-10-6-9(12(14,15)16)18-11-5-8(19-20(10)11)7-3-1-2-4-17-7/h1-6H. The Morgan fingerprint density at radius 2 is 1.90 bits per heavy atom. The van der Waals surface area contributed by atoms with E-state index in [4.69, 9.17) is 11.6 Å². The predicted octanol–water partition coefficient (Wildman–Crippen LogP) is 3.46. The van der Waals surface area contributed by atoms with Crippen molar-refractivity contribution in [2.75, 3.05) is 0 Å². The Balaban J connectivity index is 2.19. The molecular weight excluding hydrogens is 293 g/mol. The van der Waals surface area contributed by atoms with Crippen molar-refractivity contribution in [1.82, 2.24) is 19.6 Å². The van der Waals surface area contributed by atoms with Gasteiger partial charge >= 0.3 is 6.18 Å². The molecule has 102 valence electrons. The summed E-state index contributed by atoms with van der Waals surface area (Å²) in [5, 5.41) is 3.94. The van der Waals surface area contributed by atoms with Gasteiger partial charge in [0, 0.05) is 18.3 Å². The van der Waals surface area contributed by atoms with Gasteiger partial charge < -0.3 is 0 Å². The van der Waals surface area contributed by atoms with Gasteiger partial charge in [0.25, 0.3) is 0 Å². The molecule has 4 nitrogen and oxygen atoms in total. The van der Waals surface area contributed by atoms with E-state index in [1.54, 1.807) is 24.4 Å². The van der Waals surface area contributed by atoms with Crippen molar-refractivity contribution in [3.63, 3.8) is 0 Å². The van der Waals surface area contributed by atoms with Crippen molar-refractivity contribution in [2.45, 2.75) is 6.18 Å². The molecule has 0 spiro atoms. The first-order chi connectivity index (χ1) is 9.45. The molecule has 0 saturated heterocycles. The maximum atomic E-state index is 12.7. The predicted molar refractivity (Wildman–Crippen MR) is 66.2 cm³/mol. The Morgan fingerprint density at radius 3 is 2.55 bits per heavy atom. The molecular formula is C12H6ClF3N4. The zero-order valence-electron chi connectivity index (χ0n) is 9.76. The average molecular weight is 299 g/mol. The highest BCUT2D eigenvalue weighted by atomic mass is 35.5. The van der Waals surface area contributed by atoms with Crippen LogP contribution in [0.1, 0.15) is 5.69 Å². The highest BCUT2D eigenvalue weighted by Gasteiger charge is 2.33. The summed E-state index contributed by atoms with van der Waals surface area (Å²) >= 11 is 5.81. The molecule has 0 aromatic carbocycles. The summed E-state index contributed by atoms with van der Waals surface area (Å²) < 4.78 is 39.1. The van der Waals surface area contributed by atoms with Gasteiger partial charge in [-0.1, -0.05) is 17.7 Å². The number of aromatic nitrogens is 4. The second kappa shape index (κ2) is 4.45. The summed E-state index contributed by atoms with van der Waals surface area (Å²) in [7, 11) is 0. The number of pyridine rings is 1. The van der Waals surface area contributed by atoms with Crippen molar-refractivity contribution in [2.24, 2.45) is 0 Å². The fourth-order valence-corrected chi connectivity index (χ4v) is 1.95. The minimum absolute atomic E-state index is 0.0190. The lowest BCUT2D eigenvalue weighted by Crippen LogP contribution is -2.09. The van der Waals surface area contributed by atoms with Crippen molar-refractivity contribution in [3.05, 3.63) is 47.4 Å². The van der Waals surface area contributed by atoms with E-state index in [2.05, 4.69) is 15.1 Å². The molecule has 0 aliphatic carbocycles. The fourth-order valence-electron chi connectivity index (χ4n) is 1.72. The third-order valence-electron chi connectivity index (χ3n) is 2.60. The molecule has 3 aromatic rings. The van der Waals surface area contributed by atoms with Crippen LogP contribution in [0.2, 0.25) is 5.15 Å². The zero-order valence-corrected chi connectivity index (χ0v) is 10.5. The van der Waals surface area contributed by atoms with Gasteiger partial charge in [-0.2, -0.15) is 18.3 Å². The maximum Gasteiger partial charge on any atom is 0.433 e. The SMILES string of the molecule is FC(F)(F)c1cc(Cl)n2nc(-c3ccccn3)cc2n1. The van der Waals surface area contributed by atoms with Gasteiger partial charge in [-0.15, -0.1) is 0 Å². The molecule has 3 rings (SSSR count). The molecule has 0 amide bonds. The molecule has 3 heterocycles. The van der Waals surface area contributed by atoms with Gasteiger partial charge in [-0.25, -0.2) is 9.50 Å². The summed E-state index contributed by atoms with van der Waals surface area (Å²) in [6, 6.07) is 7.32. The fraction of sp³-hybridized carbons (Fsp3) is 0.0833. The second-order valence-corrected chi connectivity index (χ2v) is 4.36. The molecule has 0 aliphatic rings. The highest BCUT2D eigenvalue weighted by molar-refractivity contribution is 6.29. The number of fused-ring (bicyclic) bond motifs is 1. The molecule has 0 bridgehead atoms. The minimum Gasteiger partial charge on any atom is -0.255 e. The summed E-state index contributed by atoms with van der Waals surface area (Å²) in [4.78, 5) is 7.59. The number of rotatable bonds is 1. The van der Waals surface area contributed by atoms with E-state index in [0.717, 1.165) is 10.6 Å². The first-order valence-corrected chi connectivity index (χ1v) is 5.88. The van der Waals surface area contributed by atoms with Crippen LogP contribution in [0.3, 0.4) is 0 Å². The zero-order chi connectivity index (χ0) is 14.3. The lowest BCUT2D eigenvalue weighted by molar-refractivity contribution is -0.141. The van der Waals surface area contributed by atoms with Crippen LogP contribution in [0.15, 0.2) is 36.5 Å². The van der Waals surface area contributed by atoms with Crippen LogP contribution in [0, 0.1) is 0 Å². The van der Waals surface area contributed by atoms with Crippen molar-refractivity contribution < 1.29 is 13.2 Å². The Morgan fingerprint density at radius 1 is 1.10 bits per heavy atom. The van der Waals surface area contributed by atoms with Crippen LogP contribution in [0.25, 0.3) is 17.0 Å². The molecule has 20 heavy (non-hydrogen) atoms.